The number of carbonyl (C=O) groups excluding carboxylic acids is 1. The number of nitrogens with zero attached hydrogens (tertiary/aromatic N) is 1. The van der Waals surface area contributed by atoms with E-state index < -0.39 is 5.97 Å². The predicted octanol–water partition coefficient (Wildman–Crippen LogP) is 3.79. The predicted molar refractivity (Wildman–Crippen MR) is 108 cm³/mol. The van der Waals surface area contributed by atoms with Crippen molar-refractivity contribution in [1.29, 1.82) is 0 Å². The second-order valence-electron chi connectivity index (χ2n) is 7.13. The number of rotatable bonds is 6. The van der Waals surface area contributed by atoms with Crippen LogP contribution in [-0.4, -0.2) is 22.5 Å². The number of aromatic amines is 1. The van der Waals surface area contributed by atoms with Crippen molar-refractivity contribution in [2.45, 2.75) is 40.2 Å². The number of fused-ring (bicyclic) bond motifs is 1. The summed E-state index contributed by atoms with van der Waals surface area (Å²) in [4.78, 5) is 31.3. The minimum Gasteiger partial charge on any atom is -0.482 e. The third-order valence-electron chi connectivity index (χ3n) is 4.49. The number of nitrogens with one attached hydrogen (secondary N) is 1. The van der Waals surface area contributed by atoms with Crippen LogP contribution in [-0.2, 0) is 16.1 Å². The number of aryl methyl sites for hydroxylation is 2. The first-order chi connectivity index (χ1) is 13.3. The van der Waals surface area contributed by atoms with Crippen molar-refractivity contribution in [1.82, 2.24) is 9.97 Å². The Labute approximate surface area is 163 Å². The molecule has 0 radical (unpaired) electrons. The second kappa shape index (κ2) is 8.25. The molecule has 0 aliphatic rings. The highest BCUT2D eigenvalue weighted by Gasteiger charge is 2.12. The molecule has 0 bridgehead atoms. The summed E-state index contributed by atoms with van der Waals surface area (Å²) < 4.78 is 10.9. The van der Waals surface area contributed by atoms with Gasteiger partial charge in [0.1, 0.15) is 18.2 Å². The SMILES string of the molecule is Cc1ccc(C(C)C)c(OCC(=O)OCc2nc3c(C)cccc3c(=O)[nH]2)c1. The molecule has 6 nitrogen and oxygen atoms in total. The third-order valence-corrected chi connectivity index (χ3v) is 4.49. The van der Waals surface area contributed by atoms with E-state index in [1.165, 1.54) is 0 Å². The first-order valence-electron chi connectivity index (χ1n) is 9.22. The highest BCUT2D eigenvalue weighted by Crippen LogP contribution is 2.27. The summed E-state index contributed by atoms with van der Waals surface area (Å²) in [6.45, 7) is 7.66. The van der Waals surface area contributed by atoms with E-state index in [0.717, 1.165) is 16.7 Å². The smallest absolute Gasteiger partial charge is 0.344 e. The molecule has 3 aromatic rings. The average Bonchev–Trinajstić information content (AvgIpc) is 2.65. The molecule has 2 aromatic carbocycles. The van der Waals surface area contributed by atoms with Gasteiger partial charge in [0.15, 0.2) is 6.61 Å². The van der Waals surface area contributed by atoms with Gasteiger partial charge in [-0.15, -0.1) is 0 Å². The second-order valence-corrected chi connectivity index (χ2v) is 7.13. The van der Waals surface area contributed by atoms with Gasteiger partial charge in [-0.1, -0.05) is 38.1 Å². The highest BCUT2D eigenvalue weighted by molar-refractivity contribution is 5.80. The largest absolute Gasteiger partial charge is 0.482 e. The van der Waals surface area contributed by atoms with Gasteiger partial charge in [-0.25, -0.2) is 9.78 Å². The van der Waals surface area contributed by atoms with E-state index in [9.17, 15) is 9.59 Å². The lowest BCUT2D eigenvalue weighted by Crippen LogP contribution is -2.18. The summed E-state index contributed by atoms with van der Waals surface area (Å²) in [6.07, 6.45) is 0. The fraction of sp³-hybridized carbons (Fsp3) is 0.318. The molecule has 1 aromatic heterocycles. The summed E-state index contributed by atoms with van der Waals surface area (Å²) in [7, 11) is 0. The lowest BCUT2D eigenvalue weighted by molar-refractivity contribution is -0.147. The lowest BCUT2D eigenvalue weighted by Gasteiger charge is -2.14. The standard InChI is InChI=1S/C22H24N2O4/c1-13(2)16-9-8-14(3)10-18(16)27-12-20(25)28-11-19-23-21-15(4)6-5-7-17(21)22(26)24-19/h5-10,13H,11-12H2,1-4H3,(H,23,24,26). The summed E-state index contributed by atoms with van der Waals surface area (Å²) in [5.74, 6) is 0.740. The van der Waals surface area contributed by atoms with Crippen LogP contribution >= 0.6 is 0 Å². The summed E-state index contributed by atoms with van der Waals surface area (Å²) >= 11 is 0. The van der Waals surface area contributed by atoms with E-state index in [4.69, 9.17) is 9.47 Å². The minimum atomic E-state index is -0.524. The number of benzene rings is 2. The lowest BCUT2D eigenvalue weighted by atomic mass is 10.0. The van der Waals surface area contributed by atoms with Gasteiger partial charge in [-0.2, -0.15) is 0 Å². The Kier molecular flexibility index (Phi) is 5.78. The number of esters is 1. The van der Waals surface area contributed by atoms with Gasteiger partial charge in [0, 0.05) is 0 Å². The molecule has 28 heavy (non-hydrogen) atoms. The van der Waals surface area contributed by atoms with E-state index in [2.05, 4.69) is 23.8 Å². The molecule has 0 unspecified atom stereocenters. The fourth-order valence-electron chi connectivity index (χ4n) is 2.99. The maximum atomic E-state index is 12.2. The van der Waals surface area contributed by atoms with E-state index in [-0.39, 0.29) is 24.7 Å². The van der Waals surface area contributed by atoms with Crippen molar-refractivity contribution < 1.29 is 14.3 Å². The molecule has 0 aliphatic heterocycles. The molecule has 1 heterocycles. The molecule has 0 saturated heterocycles. The maximum Gasteiger partial charge on any atom is 0.344 e. The molecule has 0 amide bonds. The van der Waals surface area contributed by atoms with Crippen molar-refractivity contribution >= 4 is 16.9 Å². The zero-order valence-corrected chi connectivity index (χ0v) is 16.5. The fourth-order valence-corrected chi connectivity index (χ4v) is 2.99. The van der Waals surface area contributed by atoms with Gasteiger partial charge < -0.3 is 14.5 Å². The van der Waals surface area contributed by atoms with Crippen LogP contribution in [0.25, 0.3) is 10.9 Å². The van der Waals surface area contributed by atoms with E-state index in [1.807, 2.05) is 44.2 Å². The summed E-state index contributed by atoms with van der Waals surface area (Å²) in [5.41, 5.74) is 3.34. The number of ether oxygens (including phenoxy) is 2. The Balaban J connectivity index is 1.66. The third kappa shape index (κ3) is 4.39. The Morgan fingerprint density at radius 2 is 1.96 bits per heavy atom. The van der Waals surface area contributed by atoms with Crippen LogP contribution < -0.4 is 10.3 Å². The maximum absolute atomic E-state index is 12.2. The molecule has 0 saturated carbocycles. The first kappa shape index (κ1) is 19.6. The Morgan fingerprint density at radius 1 is 1.18 bits per heavy atom. The van der Waals surface area contributed by atoms with Gasteiger partial charge in [0.25, 0.3) is 5.56 Å². The Hall–Kier alpha value is -3.15. The number of hydrogen-bond acceptors (Lipinski definition) is 5. The minimum absolute atomic E-state index is 0.118. The molecular weight excluding hydrogens is 356 g/mol. The molecule has 0 atom stereocenters. The van der Waals surface area contributed by atoms with Crippen LogP contribution in [0, 0.1) is 13.8 Å². The zero-order chi connectivity index (χ0) is 20.3. The van der Waals surface area contributed by atoms with Crippen LogP contribution in [0.5, 0.6) is 5.75 Å². The number of hydrogen-bond donors (Lipinski definition) is 1. The Bertz CT molecular complexity index is 1070. The molecule has 6 heteroatoms. The number of H-pyrrole nitrogens is 1. The van der Waals surface area contributed by atoms with E-state index >= 15 is 0 Å². The molecule has 1 N–H and O–H groups in total. The van der Waals surface area contributed by atoms with Crippen molar-refractivity contribution in [3.05, 3.63) is 69.3 Å². The quantitative estimate of drug-likeness (QED) is 0.658. The molecule has 3 rings (SSSR count). The van der Waals surface area contributed by atoms with E-state index in [0.29, 0.717) is 22.5 Å². The molecule has 0 spiro atoms. The topological polar surface area (TPSA) is 81.3 Å². The van der Waals surface area contributed by atoms with Crippen LogP contribution in [0.4, 0.5) is 0 Å². The number of para-hydroxylation sites is 1. The molecule has 0 fully saturated rings. The van der Waals surface area contributed by atoms with Crippen molar-refractivity contribution in [2.75, 3.05) is 6.61 Å². The number of aromatic nitrogens is 2. The first-order valence-corrected chi connectivity index (χ1v) is 9.22. The van der Waals surface area contributed by atoms with Gasteiger partial charge in [0.05, 0.1) is 10.9 Å². The summed E-state index contributed by atoms with van der Waals surface area (Å²) in [6, 6.07) is 11.3. The highest BCUT2D eigenvalue weighted by atomic mass is 16.6. The van der Waals surface area contributed by atoms with Gasteiger partial charge in [0.2, 0.25) is 0 Å². The summed E-state index contributed by atoms with van der Waals surface area (Å²) in [5, 5.41) is 0.513. The molecule has 146 valence electrons. The average molecular weight is 380 g/mol. The van der Waals surface area contributed by atoms with Crippen LogP contribution in [0.2, 0.25) is 0 Å². The van der Waals surface area contributed by atoms with Gasteiger partial charge in [-0.3, -0.25) is 4.79 Å². The van der Waals surface area contributed by atoms with Gasteiger partial charge >= 0.3 is 5.97 Å². The molecule has 0 aliphatic carbocycles. The number of carbonyl (C=O) groups is 1. The normalized spacial score (nSPS) is 11.0. The van der Waals surface area contributed by atoms with Gasteiger partial charge in [-0.05, 0) is 48.6 Å². The van der Waals surface area contributed by atoms with Crippen molar-refractivity contribution in [2.24, 2.45) is 0 Å². The monoisotopic (exact) mass is 380 g/mol. The Morgan fingerprint density at radius 3 is 2.71 bits per heavy atom. The van der Waals surface area contributed by atoms with E-state index in [1.54, 1.807) is 6.07 Å². The zero-order valence-electron chi connectivity index (χ0n) is 16.5. The molecular formula is C22H24N2O4. The van der Waals surface area contributed by atoms with Crippen LogP contribution in [0.1, 0.15) is 42.3 Å². The van der Waals surface area contributed by atoms with Crippen molar-refractivity contribution in [3.63, 3.8) is 0 Å². The van der Waals surface area contributed by atoms with Crippen LogP contribution in [0.15, 0.2) is 41.2 Å². The van der Waals surface area contributed by atoms with Crippen molar-refractivity contribution in [3.8, 4) is 5.75 Å². The van der Waals surface area contributed by atoms with Crippen LogP contribution in [0.3, 0.4) is 0 Å².